The van der Waals surface area contributed by atoms with Crippen molar-refractivity contribution in [1.29, 1.82) is 0 Å². The molecule has 2 amide bonds. The summed E-state index contributed by atoms with van der Waals surface area (Å²) in [5, 5.41) is 10.0. The van der Waals surface area contributed by atoms with Crippen molar-refractivity contribution >= 4 is 33.6 Å². The number of likely N-dealkylation sites (tertiary alicyclic amines) is 2. The van der Waals surface area contributed by atoms with Crippen LogP contribution in [-0.2, 0) is 61.3 Å². The highest BCUT2D eigenvalue weighted by Crippen LogP contribution is 2.42. The van der Waals surface area contributed by atoms with Crippen LogP contribution in [0.15, 0.2) is 108 Å². The molecule has 2 atom stereocenters. The molecule has 4 aliphatic rings. The molecule has 386 valence electrons. The number of ether oxygens (including phenoxy) is 1. The Labute approximate surface area is 438 Å². The van der Waals surface area contributed by atoms with Crippen LogP contribution in [0.2, 0.25) is 0 Å². The van der Waals surface area contributed by atoms with Crippen molar-refractivity contribution in [3.05, 3.63) is 142 Å². The molecule has 0 radical (unpaired) electrons. The number of carbonyl (C=O) groups excluding carboxylic acids is 2. The molecule has 2 aliphatic heterocycles. The van der Waals surface area contributed by atoms with Gasteiger partial charge in [0.1, 0.15) is 11.9 Å². The molecule has 2 fully saturated rings. The van der Waals surface area contributed by atoms with Gasteiger partial charge in [-0.1, -0.05) is 71.9 Å². The van der Waals surface area contributed by atoms with Gasteiger partial charge < -0.3 is 24.0 Å². The second kappa shape index (κ2) is 22.3. The van der Waals surface area contributed by atoms with Crippen molar-refractivity contribution in [2.75, 3.05) is 47.3 Å². The number of nitrogens with zero attached hydrogens (tertiary/aromatic N) is 5. The van der Waals surface area contributed by atoms with Gasteiger partial charge in [-0.2, -0.15) is 0 Å². The molecule has 2 aromatic heterocycles. The lowest BCUT2D eigenvalue weighted by molar-refractivity contribution is -0.129. The van der Waals surface area contributed by atoms with Gasteiger partial charge in [0.15, 0.2) is 5.76 Å². The Morgan fingerprint density at radius 2 is 1.36 bits per heavy atom. The monoisotopic (exact) mass is 993 g/mol. The maximum Gasteiger partial charge on any atom is 0.222 e. The highest BCUT2D eigenvalue weighted by molar-refractivity contribution is 6.16. The quantitative estimate of drug-likeness (QED) is 0.103. The molecule has 10 heteroatoms. The van der Waals surface area contributed by atoms with Crippen LogP contribution in [0.3, 0.4) is 0 Å². The van der Waals surface area contributed by atoms with E-state index in [1.165, 1.54) is 80.0 Å². The molecule has 0 saturated carbocycles. The smallest absolute Gasteiger partial charge is 0.222 e. The van der Waals surface area contributed by atoms with E-state index in [4.69, 9.17) is 9.26 Å². The van der Waals surface area contributed by atoms with Crippen molar-refractivity contribution in [2.45, 2.75) is 123 Å². The van der Waals surface area contributed by atoms with Gasteiger partial charge in [0.05, 0.1) is 5.69 Å². The van der Waals surface area contributed by atoms with Crippen LogP contribution >= 0.6 is 0 Å². The highest BCUT2D eigenvalue weighted by Gasteiger charge is 2.27. The minimum Gasteiger partial charge on any atom is -0.490 e. The summed E-state index contributed by atoms with van der Waals surface area (Å²) in [6.07, 6.45) is 14.6. The Hall–Kier alpha value is -6.23. The predicted octanol–water partition coefficient (Wildman–Crippen LogP) is 11.8. The molecule has 7 aromatic rings. The first kappa shape index (κ1) is 50.0. The van der Waals surface area contributed by atoms with E-state index in [1.54, 1.807) is 11.9 Å². The molecular weight excluding hydrogens is 917 g/mol. The average Bonchev–Trinajstić information content (AvgIpc) is 4.03. The fourth-order valence-electron chi connectivity index (χ4n) is 13.0. The highest BCUT2D eigenvalue weighted by atomic mass is 16.5. The summed E-state index contributed by atoms with van der Waals surface area (Å²) < 4.78 is 15.3. The van der Waals surface area contributed by atoms with Gasteiger partial charge in [-0.3, -0.25) is 19.4 Å². The molecule has 10 nitrogen and oxygen atoms in total. The predicted molar refractivity (Wildman–Crippen MR) is 297 cm³/mol. The zero-order valence-electron chi connectivity index (χ0n) is 44.3. The van der Waals surface area contributed by atoms with Crippen molar-refractivity contribution in [1.82, 2.24) is 29.7 Å². The van der Waals surface area contributed by atoms with Crippen LogP contribution in [0.1, 0.15) is 104 Å². The molecular formula is C64H76N6O4. The molecule has 2 unspecified atom stereocenters. The minimum absolute atomic E-state index is 0.157. The number of rotatable bonds is 16. The van der Waals surface area contributed by atoms with Crippen molar-refractivity contribution < 1.29 is 18.8 Å². The van der Waals surface area contributed by atoms with E-state index in [1.807, 2.05) is 14.1 Å². The summed E-state index contributed by atoms with van der Waals surface area (Å²) in [4.78, 5) is 31.2. The topological polar surface area (TPSA) is 96.1 Å². The first-order valence-electron chi connectivity index (χ1n) is 28.0. The van der Waals surface area contributed by atoms with Gasteiger partial charge >= 0.3 is 0 Å². The number of aryl methyl sites for hydroxylation is 4. The van der Waals surface area contributed by atoms with Crippen molar-refractivity contribution in [2.24, 2.45) is 17.8 Å². The molecule has 2 aliphatic carbocycles. The SMILES string of the molecule is CCn1c2ccc(CN3CCC(Oc4ccc5c(c4)CCC(CC(=O)N(C)C)C5)CC3)cc2c2c(-c3ccccc3-c3cc(CN4CCC(CCc5ccc6c(c5)CCC(CC(=O)NC)C6)CC4)no3)cccc21. The van der Waals surface area contributed by atoms with Gasteiger partial charge in [0, 0.05) is 100 Å². The summed E-state index contributed by atoms with van der Waals surface area (Å²) in [6, 6.07) is 38.5. The van der Waals surface area contributed by atoms with Crippen LogP contribution < -0.4 is 10.1 Å². The standard InChI is InChI=1S/C64H76N6O4/c1-5-70-59-24-18-47(41-68-31-27-53(28-32-68)73-54-23-22-50-35-46(17-21-51(50)39-54)38-63(72)67(3)4)36-58(59)64-57(11-8-12-60(64)70)55-9-6-7-10-56(55)61-40-52(66-74-61)42-69-29-25-43(26-30-69)13-14-44-15-19-49-34-45(37-62(71)65-2)16-20-48(49)33-44/h6-12,15,18-19,22-24,33,36,39-40,43,45-46,53H,5,13-14,16-17,20-21,25-32,34-35,37-38,41-42H2,1-4H3,(H,65,71). The Kier molecular flexibility index (Phi) is 15.1. The number of fused-ring (bicyclic) bond motifs is 5. The summed E-state index contributed by atoms with van der Waals surface area (Å²) >= 11 is 0. The van der Waals surface area contributed by atoms with Gasteiger partial charge in [-0.05, 0) is 190 Å². The fraction of sp³-hybridized carbons (Fsp3) is 0.453. The second-order valence-corrected chi connectivity index (χ2v) is 22.5. The van der Waals surface area contributed by atoms with Gasteiger partial charge in [0.2, 0.25) is 11.8 Å². The number of piperidine rings is 2. The lowest BCUT2D eigenvalue weighted by atomic mass is 9.81. The van der Waals surface area contributed by atoms with E-state index < -0.39 is 0 Å². The lowest BCUT2D eigenvalue weighted by Gasteiger charge is -2.32. The summed E-state index contributed by atoms with van der Waals surface area (Å²) in [6.45, 7) is 9.02. The fourth-order valence-corrected chi connectivity index (χ4v) is 13.0. The first-order chi connectivity index (χ1) is 36.1. The maximum atomic E-state index is 12.4. The zero-order valence-corrected chi connectivity index (χ0v) is 44.3. The lowest BCUT2D eigenvalue weighted by Crippen LogP contribution is -2.37. The normalized spacial score (nSPS) is 18.9. The number of benzene rings is 5. The molecule has 11 rings (SSSR count). The van der Waals surface area contributed by atoms with Gasteiger partial charge in [0.25, 0.3) is 0 Å². The van der Waals surface area contributed by atoms with Crippen LogP contribution in [0.4, 0.5) is 0 Å². The van der Waals surface area contributed by atoms with E-state index in [-0.39, 0.29) is 17.9 Å². The van der Waals surface area contributed by atoms with E-state index >= 15 is 0 Å². The average molecular weight is 993 g/mol. The summed E-state index contributed by atoms with van der Waals surface area (Å²) in [5.74, 6) is 3.81. The number of hydrogen-bond acceptors (Lipinski definition) is 7. The molecule has 0 spiro atoms. The largest absolute Gasteiger partial charge is 0.490 e. The number of aromatic nitrogens is 2. The van der Waals surface area contributed by atoms with E-state index in [0.29, 0.717) is 24.7 Å². The van der Waals surface area contributed by atoms with Crippen molar-refractivity contribution in [3.63, 3.8) is 0 Å². The Balaban J connectivity index is 0.713. The first-order valence-corrected chi connectivity index (χ1v) is 28.0. The molecule has 2 saturated heterocycles. The molecule has 74 heavy (non-hydrogen) atoms. The van der Waals surface area contributed by atoms with Crippen molar-refractivity contribution in [3.8, 4) is 28.2 Å². The molecule has 1 N–H and O–H groups in total. The second-order valence-electron chi connectivity index (χ2n) is 22.5. The van der Waals surface area contributed by atoms with E-state index in [0.717, 1.165) is 138 Å². The van der Waals surface area contributed by atoms with Gasteiger partial charge in [-0.25, -0.2) is 0 Å². The Morgan fingerprint density at radius 3 is 2.12 bits per heavy atom. The van der Waals surface area contributed by atoms with E-state index in [9.17, 15) is 9.59 Å². The minimum atomic E-state index is 0.157. The maximum absolute atomic E-state index is 12.4. The third-order valence-electron chi connectivity index (χ3n) is 17.3. The summed E-state index contributed by atoms with van der Waals surface area (Å²) in [5.41, 5.74) is 15.5. The zero-order chi connectivity index (χ0) is 50.7. The molecule has 5 aromatic carbocycles. The number of carbonyl (C=O) groups is 2. The van der Waals surface area contributed by atoms with Gasteiger partial charge in [-0.15, -0.1) is 0 Å². The Morgan fingerprint density at radius 1 is 0.676 bits per heavy atom. The number of nitrogens with one attached hydrogen (secondary N) is 1. The molecule has 0 bridgehead atoms. The van der Waals surface area contributed by atoms with Crippen LogP contribution in [0.25, 0.3) is 44.3 Å². The van der Waals surface area contributed by atoms with Crippen LogP contribution in [0, 0.1) is 17.8 Å². The summed E-state index contributed by atoms with van der Waals surface area (Å²) in [7, 11) is 5.44. The van der Waals surface area contributed by atoms with E-state index in [2.05, 4.69) is 135 Å². The number of amides is 2. The van der Waals surface area contributed by atoms with Crippen LogP contribution in [-0.4, -0.2) is 89.7 Å². The number of hydrogen-bond donors (Lipinski definition) is 1. The Bertz CT molecular complexity index is 3120. The third kappa shape index (κ3) is 11.1. The van der Waals surface area contributed by atoms with Crippen LogP contribution in [0.5, 0.6) is 5.75 Å². The third-order valence-corrected chi connectivity index (χ3v) is 17.3. The molecule has 4 heterocycles.